The monoisotopic (exact) mass is 360 g/mol. The average Bonchev–Trinajstić information content (AvgIpc) is 2.41. The smallest absolute Gasteiger partial charge is 0.304 e. The molecule has 0 amide bonds. The van der Waals surface area contributed by atoms with Crippen LogP contribution >= 0.6 is 27.5 Å². The van der Waals surface area contributed by atoms with Gasteiger partial charge in [-0.3, -0.25) is 9.69 Å². The largest absolute Gasteiger partial charge is 0.481 e. The molecule has 0 radical (unpaired) electrons. The summed E-state index contributed by atoms with van der Waals surface area (Å²) in [5.41, 5.74) is 1.13. The molecule has 110 valence electrons. The average molecular weight is 362 g/mol. The minimum Gasteiger partial charge on any atom is -0.481 e. The first-order valence-electron chi connectivity index (χ1n) is 6.65. The minimum atomic E-state index is -0.728. The van der Waals surface area contributed by atoms with Gasteiger partial charge in [-0.05, 0) is 17.7 Å². The highest BCUT2D eigenvalue weighted by atomic mass is 79.9. The van der Waals surface area contributed by atoms with Crippen LogP contribution in [0.15, 0.2) is 22.7 Å². The Morgan fingerprint density at radius 1 is 1.25 bits per heavy atom. The molecule has 20 heavy (non-hydrogen) atoms. The highest BCUT2D eigenvalue weighted by molar-refractivity contribution is 9.10. The van der Waals surface area contributed by atoms with Crippen molar-refractivity contribution in [2.24, 2.45) is 0 Å². The fourth-order valence-electron chi connectivity index (χ4n) is 2.32. The summed E-state index contributed by atoms with van der Waals surface area (Å²) in [6, 6.07) is 5.97. The molecule has 0 spiro atoms. The lowest BCUT2D eigenvalue weighted by Crippen LogP contribution is -2.46. The second-order valence-electron chi connectivity index (χ2n) is 5.00. The Morgan fingerprint density at radius 2 is 1.90 bits per heavy atom. The second kappa shape index (κ2) is 7.41. The molecule has 1 aromatic carbocycles. The van der Waals surface area contributed by atoms with E-state index in [4.69, 9.17) is 16.7 Å². The maximum absolute atomic E-state index is 10.6. The van der Waals surface area contributed by atoms with Gasteiger partial charge in [0.1, 0.15) is 0 Å². The number of benzene rings is 1. The molecule has 1 N–H and O–H groups in total. The van der Waals surface area contributed by atoms with Gasteiger partial charge in [-0.15, -0.1) is 0 Å². The van der Waals surface area contributed by atoms with Gasteiger partial charge in [-0.1, -0.05) is 33.6 Å². The zero-order valence-electron chi connectivity index (χ0n) is 11.2. The van der Waals surface area contributed by atoms with Crippen molar-refractivity contribution in [2.45, 2.75) is 13.0 Å². The van der Waals surface area contributed by atoms with Crippen LogP contribution in [0.25, 0.3) is 0 Å². The first kappa shape index (κ1) is 15.8. The molecule has 0 aromatic heterocycles. The van der Waals surface area contributed by atoms with Crippen LogP contribution in [0.4, 0.5) is 0 Å². The van der Waals surface area contributed by atoms with Crippen molar-refractivity contribution in [1.82, 2.24) is 9.80 Å². The molecular weight excluding hydrogens is 344 g/mol. The normalized spacial score (nSPS) is 17.3. The summed E-state index contributed by atoms with van der Waals surface area (Å²) in [6.45, 7) is 5.22. The maximum atomic E-state index is 10.6. The molecule has 0 aliphatic carbocycles. The number of carbonyl (C=O) groups is 1. The van der Waals surface area contributed by atoms with E-state index in [-0.39, 0.29) is 6.42 Å². The molecule has 1 aliphatic rings. The highest BCUT2D eigenvalue weighted by Crippen LogP contribution is 2.23. The van der Waals surface area contributed by atoms with Crippen molar-refractivity contribution in [3.63, 3.8) is 0 Å². The number of hydrogen-bond donors (Lipinski definition) is 1. The van der Waals surface area contributed by atoms with Gasteiger partial charge in [-0.25, -0.2) is 0 Å². The first-order valence-corrected chi connectivity index (χ1v) is 7.82. The van der Waals surface area contributed by atoms with Gasteiger partial charge in [-0.2, -0.15) is 0 Å². The number of hydrogen-bond acceptors (Lipinski definition) is 3. The van der Waals surface area contributed by atoms with Crippen LogP contribution < -0.4 is 0 Å². The summed E-state index contributed by atoms with van der Waals surface area (Å²) in [5.74, 6) is -0.728. The summed E-state index contributed by atoms with van der Waals surface area (Å²) >= 11 is 9.64. The van der Waals surface area contributed by atoms with E-state index in [2.05, 4.69) is 25.7 Å². The molecule has 1 fully saturated rings. The molecule has 0 saturated carbocycles. The molecule has 2 rings (SSSR count). The Morgan fingerprint density at radius 3 is 2.50 bits per heavy atom. The van der Waals surface area contributed by atoms with Crippen molar-refractivity contribution in [3.8, 4) is 0 Å². The standard InChI is InChI=1S/C14H18BrClN2O2/c15-12-2-1-11(13(16)9-12)10-18-7-5-17(6-8-18)4-3-14(19)20/h1-2,9H,3-8,10H2,(H,19,20). The number of nitrogens with zero attached hydrogens (tertiary/aromatic N) is 2. The van der Waals surface area contributed by atoms with Crippen LogP contribution in [-0.2, 0) is 11.3 Å². The molecule has 0 atom stereocenters. The van der Waals surface area contributed by atoms with Crippen molar-refractivity contribution >= 4 is 33.5 Å². The van der Waals surface area contributed by atoms with Crippen molar-refractivity contribution in [1.29, 1.82) is 0 Å². The van der Waals surface area contributed by atoms with Gasteiger partial charge in [0.05, 0.1) is 6.42 Å². The Labute approximate surface area is 132 Å². The number of carboxylic acid groups (broad SMARTS) is 1. The fraction of sp³-hybridized carbons (Fsp3) is 0.500. The van der Waals surface area contributed by atoms with Gasteiger partial charge in [0.2, 0.25) is 0 Å². The second-order valence-corrected chi connectivity index (χ2v) is 6.32. The van der Waals surface area contributed by atoms with E-state index in [0.717, 1.165) is 47.8 Å². The number of carboxylic acids is 1. The molecule has 1 saturated heterocycles. The Hall–Kier alpha value is -0.620. The van der Waals surface area contributed by atoms with Crippen LogP contribution in [0, 0.1) is 0 Å². The lowest BCUT2D eigenvalue weighted by atomic mass is 10.2. The van der Waals surface area contributed by atoms with E-state index >= 15 is 0 Å². The zero-order chi connectivity index (χ0) is 14.5. The Bertz CT molecular complexity index is 476. The summed E-state index contributed by atoms with van der Waals surface area (Å²) in [4.78, 5) is 15.1. The third-order valence-electron chi connectivity index (χ3n) is 3.52. The highest BCUT2D eigenvalue weighted by Gasteiger charge is 2.18. The lowest BCUT2D eigenvalue weighted by Gasteiger charge is -2.34. The molecule has 4 nitrogen and oxygen atoms in total. The maximum Gasteiger partial charge on any atom is 0.304 e. The van der Waals surface area contributed by atoms with E-state index in [9.17, 15) is 4.79 Å². The van der Waals surface area contributed by atoms with Crippen LogP contribution in [0.2, 0.25) is 5.02 Å². The van der Waals surface area contributed by atoms with Gasteiger partial charge in [0, 0.05) is 48.8 Å². The molecule has 0 unspecified atom stereocenters. The van der Waals surface area contributed by atoms with Crippen molar-refractivity contribution in [3.05, 3.63) is 33.3 Å². The third-order valence-corrected chi connectivity index (χ3v) is 4.36. The molecular formula is C14H18BrClN2O2. The number of rotatable bonds is 5. The Kier molecular flexibility index (Phi) is 5.84. The van der Waals surface area contributed by atoms with Crippen LogP contribution in [-0.4, -0.2) is 53.6 Å². The van der Waals surface area contributed by atoms with E-state index in [1.54, 1.807) is 0 Å². The van der Waals surface area contributed by atoms with E-state index in [0.29, 0.717) is 6.54 Å². The molecule has 1 aromatic rings. The number of piperazine rings is 1. The van der Waals surface area contributed by atoms with Crippen LogP contribution in [0.1, 0.15) is 12.0 Å². The third kappa shape index (κ3) is 4.74. The summed E-state index contributed by atoms with van der Waals surface area (Å²) in [7, 11) is 0. The predicted octanol–water partition coefficient (Wildman–Crippen LogP) is 2.69. The van der Waals surface area contributed by atoms with E-state index in [1.165, 1.54) is 0 Å². The molecule has 1 heterocycles. The summed E-state index contributed by atoms with van der Waals surface area (Å²) in [5, 5.41) is 9.47. The molecule has 6 heteroatoms. The summed E-state index contributed by atoms with van der Waals surface area (Å²) in [6.07, 6.45) is 0.221. The zero-order valence-corrected chi connectivity index (χ0v) is 13.5. The van der Waals surface area contributed by atoms with Gasteiger partial charge in [0.25, 0.3) is 0 Å². The van der Waals surface area contributed by atoms with E-state index < -0.39 is 5.97 Å². The topological polar surface area (TPSA) is 43.8 Å². The van der Waals surface area contributed by atoms with Crippen molar-refractivity contribution < 1.29 is 9.90 Å². The number of halogens is 2. The fourth-order valence-corrected chi connectivity index (χ4v) is 3.05. The SMILES string of the molecule is O=C(O)CCN1CCN(Cc2ccc(Br)cc2Cl)CC1. The quantitative estimate of drug-likeness (QED) is 0.876. The van der Waals surface area contributed by atoms with E-state index in [1.807, 2.05) is 18.2 Å². The van der Waals surface area contributed by atoms with Gasteiger partial charge in [0.15, 0.2) is 0 Å². The Balaban J connectivity index is 1.80. The van der Waals surface area contributed by atoms with Crippen molar-refractivity contribution in [2.75, 3.05) is 32.7 Å². The van der Waals surface area contributed by atoms with Gasteiger partial charge >= 0.3 is 5.97 Å². The molecule has 1 aliphatic heterocycles. The summed E-state index contributed by atoms with van der Waals surface area (Å²) < 4.78 is 0.990. The number of aliphatic carboxylic acids is 1. The van der Waals surface area contributed by atoms with Gasteiger partial charge < -0.3 is 10.0 Å². The van der Waals surface area contributed by atoms with Crippen LogP contribution in [0.3, 0.4) is 0 Å². The lowest BCUT2D eigenvalue weighted by molar-refractivity contribution is -0.137. The van der Waals surface area contributed by atoms with Crippen LogP contribution in [0.5, 0.6) is 0 Å². The minimum absolute atomic E-state index is 0.221. The first-order chi connectivity index (χ1) is 9.54. The molecule has 0 bridgehead atoms. The predicted molar refractivity (Wildman–Crippen MR) is 83.1 cm³/mol.